The van der Waals surface area contributed by atoms with E-state index in [1.165, 1.54) is 0 Å². The molecular weight excluding hydrogens is 230 g/mol. The molecule has 0 spiro atoms. The monoisotopic (exact) mass is 245 g/mol. The molecule has 94 valence electrons. The molecule has 1 aromatic rings. The van der Waals surface area contributed by atoms with Crippen molar-refractivity contribution in [2.24, 2.45) is 4.99 Å². The first-order chi connectivity index (χ1) is 8.81. The van der Waals surface area contributed by atoms with Gasteiger partial charge >= 0.3 is 0 Å². The third kappa shape index (κ3) is 3.06. The van der Waals surface area contributed by atoms with Crippen LogP contribution in [-0.2, 0) is 9.47 Å². The van der Waals surface area contributed by atoms with E-state index >= 15 is 0 Å². The zero-order valence-electron chi connectivity index (χ0n) is 10.2. The number of ether oxygens (including phenoxy) is 2. The summed E-state index contributed by atoms with van der Waals surface area (Å²) in [6.45, 7) is 2.51. The van der Waals surface area contributed by atoms with Gasteiger partial charge in [0.25, 0.3) is 0 Å². The first kappa shape index (κ1) is 12.6. The van der Waals surface area contributed by atoms with E-state index in [2.05, 4.69) is 10.3 Å². The Labute approximate surface area is 106 Å². The van der Waals surface area contributed by atoms with E-state index < -0.39 is 0 Å². The smallest absolute Gasteiger partial charge is 0.182 e. The zero-order chi connectivity index (χ0) is 12.8. The molecule has 5 nitrogen and oxygen atoms in total. The number of benzene rings is 1. The SMILES string of the molecule is CC(=N[C@H]1COCO[C@@H]1c1ccccc1)NC#N. The highest BCUT2D eigenvalue weighted by molar-refractivity contribution is 5.81. The van der Waals surface area contributed by atoms with Crippen molar-refractivity contribution in [2.75, 3.05) is 13.4 Å². The van der Waals surface area contributed by atoms with Crippen LogP contribution in [0.25, 0.3) is 0 Å². The molecule has 5 heteroatoms. The summed E-state index contributed by atoms with van der Waals surface area (Å²) in [6.07, 6.45) is 1.72. The second-order valence-electron chi connectivity index (χ2n) is 4.01. The zero-order valence-corrected chi connectivity index (χ0v) is 10.2. The molecule has 1 aliphatic heterocycles. The summed E-state index contributed by atoms with van der Waals surface area (Å²) in [7, 11) is 0. The number of nitrogens with zero attached hydrogens (tertiary/aromatic N) is 2. The number of aliphatic imine (C=N–C) groups is 1. The molecule has 0 unspecified atom stereocenters. The molecule has 2 atom stereocenters. The van der Waals surface area contributed by atoms with Gasteiger partial charge in [0.05, 0.1) is 6.61 Å². The maximum atomic E-state index is 8.54. The first-order valence-corrected chi connectivity index (χ1v) is 5.75. The van der Waals surface area contributed by atoms with Crippen molar-refractivity contribution in [3.63, 3.8) is 0 Å². The summed E-state index contributed by atoms with van der Waals surface area (Å²) in [6, 6.07) is 9.77. The number of amidine groups is 1. The quantitative estimate of drug-likeness (QED) is 0.372. The predicted octanol–water partition coefficient (Wildman–Crippen LogP) is 1.59. The van der Waals surface area contributed by atoms with Crippen LogP contribution in [0.15, 0.2) is 35.3 Å². The van der Waals surface area contributed by atoms with Gasteiger partial charge in [-0.2, -0.15) is 5.26 Å². The second-order valence-corrected chi connectivity index (χ2v) is 4.01. The van der Waals surface area contributed by atoms with Gasteiger partial charge in [-0.1, -0.05) is 30.3 Å². The topological polar surface area (TPSA) is 66.6 Å². The molecule has 1 aliphatic rings. The molecule has 0 saturated carbocycles. The van der Waals surface area contributed by atoms with Gasteiger partial charge in [-0.3, -0.25) is 10.3 Å². The molecule has 18 heavy (non-hydrogen) atoms. The summed E-state index contributed by atoms with van der Waals surface area (Å²) in [5.74, 6) is 0.567. The van der Waals surface area contributed by atoms with Crippen LogP contribution >= 0.6 is 0 Å². The van der Waals surface area contributed by atoms with Gasteiger partial charge in [-0.05, 0) is 12.5 Å². The Morgan fingerprint density at radius 1 is 1.44 bits per heavy atom. The van der Waals surface area contributed by atoms with E-state index in [-0.39, 0.29) is 18.9 Å². The Morgan fingerprint density at radius 2 is 2.22 bits per heavy atom. The summed E-state index contributed by atoms with van der Waals surface area (Å²) in [5.41, 5.74) is 1.07. The average molecular weight is 245 g/mol. The van der Waals surface area contributed by atoms with Crippen molar-refractivity contribution >= 4 is 5.84 Å². The van der Waals surface area contributed by atoms with Gasteiger partial charge in [-0.25, -0.2) is 0 Å². The normalized spacial score (nSPS) is 24.3. The molecule has 2 rings (SSSR count). The van der Waals surface area contributed by atoms with Gasteiger partial charge < -0.3 is 9.47 Å². The average Bonchev–Trinajstić information content (AvgIpc) is 2.40. The van der Waals surface area contributed by atoms with E-state index in [9.17, 15) is 0 Å². The van der Waals surface area contributed by atoms with Crippen LogP contribution in [-0.4, -0.2) is 25.3 Å². The van der Waals surface area contributed by atoms with Crippen LogP contribution in [0, 0.1) is 11.5 Å². The van der Waals surface area contributed by atoms with Crippen LogP contribution in [0.1, 0.15) is 18.6 Å². The van der Waals surface area contributed by atoms with Crippen molar-refractivity contribution in [3.05, 3.63) is 35.9 Å². The van der Waals surface area contributed by atoms with Gasteiger partial charge in [0.1, 0.15) is 24.8 Å². The third-order valence-electron chi connectivity index (χ3n) is 2.69. The second kappa shape index (κ2) is 6.15. The Hall–Kier alpha value is -1.90. The molecule has 0 aliphatic carbocycles. The van der Waals surface area contributed by atoms with Crippen molar-refractivity contribution < 1.29 is 9.47 Å². The van der Waals surface area contributed by atoms with Gasteiger partial charge in [0.15, 0.2) is 6.19 Å². The molecule has 0 radical (unpaired) electrons. The fourth-order valence-corrected chi connectivity index (χ4v) is 1.92. The fourth-order valence-electron chi connectivity index (χ4n) is 1.92. The van der Waals surface area contributed by atoms with Crippen LogP contribution < -0.4 is 5.32 Å². The highest BCUT2D eigenvalue weighted by Gasteiger charge is 2.27. The van der Waals surface area contributed by atoms with Crippen molar-refractivity contribution in [1.29, 1.82) is 5.26 Å². The highest BCUT2D eigenvalue weighted by atomic mass is 16.7. The van der Waals surface area contributed by atoms with Gasteiger partial charge in [0, 0.05) is 0 Å². The lowest BCUT2D eigenvalue weighted by molar-refractivity contribution is -0.150. The molecule has 0 amide bonds. The minimum atomic E-state index is -0.137. The largest absolute Gasteiger partial charge is 0.353 e. The minimum Gasteiger partial charge on any atom is -0.353 e. The standard InChI is InChI=1S/C13H15N3O2/c1-10(15-8-14)16-12-7-17-9-18-13(12)11-5-3-2-4-6-11/h2-6,12-13H,7,9H2,1H3,(H,15,16)/t12-,13+/m0/s1. The van der Waals surface area contributed by atoms with Crippen molar-refractivity contribution in [2.45, 2.75) is 19.1 Å². The van der Waals surface area contributed by atoms with E-state index in [4.69, 9.17) is 14.7 Å². The van der Waals surface area contributed by atoms with Gasteiger partial charge in [-0.15, -0.1) is 0 Å². The van der Waals surface area contributed by atoms with Crippen LogP contribution in [0.4, 0.5) is 0 Å². The number of hydrogen-bond acceptors (Lipinski definition) is 4. The lowest BCUT2D eigenvalue weighted by Gasteiger charge is -2.29. The number of hydrogen-bond donors (Lipinski definition) is 1. The van der Waals surface area contributed by atoms with Crippen molar-refractivity contribution in [1.82, 2.24) is 5.32 Å². The Morgan fingerprint density at radius 3 is 2.94 bits per heavy atom. The summed E-state index contributed by atoms with van der Waals surface area (Å²) in [5, 5.41) is 11.1. The fraction of sp³-hybridized carbons (Fsp3) is 0.385. The highest BCUT2D eigenvalue weighted by Crippen LogP contribution is 2.26. The summed E-state index contributed by atoms with van der Waals surface area (Å²) >= 11 is 0. The summed E-state index contributed by atoms with van der Waals surface area (Å²) in [4.78, 5) is 4.42. The maximum Gasteiger partial charge on any atom is 0.182 e. The lowest BCUT2D eigenvalue weighted by atomic mass is 10.0. The van der Waals surface area contributed by atoms with Crippen LogP contribution in [0.3, 0.4) is 0 Å². The van der Waals surface area contributed by atoms with E-state index in [1.807, 2.05) is 36.5 Å². The van der Waals surface area contributed by atoms with E-state index in [0.29, 0.717) is 12.4 Å². The first-order valence-electron chi connectivity index (χ1n) is 5.75. The lowest BCUT2D eigenvalue weighted by Crippen LogP contribution is -2.33. The van der Waals surface area contributed by atoms with Crippen molar-refractivity contribution in [3.8, 4) is 6.19 Å². The minimum absolute atomic E-state index is 0.129. The molecule has 1 saturated heterocycles. The van der Waals surface area contributed by atoms with Crippen LogP contribution in [0.5, 0.6) is 0 Å². The number of nitrogens with one attached hydrogen (secondary N) is 1. The van der Waals surface area contributed by atoms with E-state index in [1.54, 1.807) is 6.92 Å². The predicted molar refractivity (Wildman–Crippen MR) is 66.7 cm³/mol. The molecular formula is C13H15N3O2. The molecule has 1 fully saturated rings. The number of nitriles is 1. The summed E-state index contributed by atoms with van der Waals surface area (Å²) < 4.78 is 10.9. The maximum absolute atomic E-state index is 8.54. The molecule has 1 heterocycles. The van der Waals surface area contributed by atoms with Gasteiger partial charge in [0.2, 0.25) is 0 Å². The molecule has 1 aromatic carbocycles. The Balaban J connectivity index is 2.17. The number of rotatable bonds is 2. The third-order valence-corrected chi connectivity index (χ3v) is 2.69. The molecule has 0 bridgehead atoms. The van der Waals surface area contributed by atoms with E-state index in [0.717, 1.165) is 5.56 Å². The van der Waals surface area contributed by atoms with Crippen LogP contribution in [0.2, 0.25) is 0 Å². The molecule has 0 aromatic heterocycles. The Kier molecular flexibility index (Phi) is 4.29. The molecule has 1 N–H and O–H groups in total. The Bertz CT molecular complexity index is 453.